The molecule has 2 heterocycles. The molecule has 0 bridgehead atoms. The number of carbonyl (C=O) groups is 1. The van der Waals surface area contributed by atoms with Gasteiger partial charge in [0.2, 0.25) is 5.91 Å². The molecular formula is C24H27N3O4S2. The fourth-order valence-electron chi connectivity index (χ4n) is 3.54. The highest BCUT2D eigenvalue weighted by molar-refractivity contribution is 8.01. The molecule has 1 aliphatic rings. The van der Waals surface area contributed by atoms with Crippen LogP contribution in [0, 0.1) is 6.92 Å². The molecule has 1 amide bonds. The van der Waals surface area contributed by atoms with Crippen molar-refractivity contribution in [1.82, 2.24) is 15.5 Å². The predicted octanol–water partition coefficient (Wildman–Crippen LogP) is 4.31. The van der Waals surface area contributed by atoms with E-state index in [-0.39, 0.29) is 24.7 Å². The van der Waals surface area contributed by atoms with Crippen molar-refractivity contribution in [3.05, 3.63) is 75.8 Å². The van der Waals surface area contributed by atoms with Crippen LogP contribution in [0.5, 0.6) is 0 Å². The van der Waals surface area contributed by atoms with E-state index in [2.05, 4.69) is 15.5 Å². The molecule has 1 aliphatic heterocycles. The number of aliphatic hydroxyl groups is 1. The monoisotopic (exact) mass is 485 g/mol. The number of hydrogen-bond acceptors (Lipinski definition) is 8. The Morgan fingerprint density at radius 2 is 1.79 bits per heavy atom. The maximum Gasteiger partial charge on any atom is 0.217 e. The van der Waals surface area contributed by atoms with Crippen LogP contribution in [0.3, 0.4) is 0 Å². The van der Waals surface area contributed by atoms with Crippen molar-refractivity contribution >= 4 is 29.0 Å². The number of ether oxygens (including phenoxy) is 2. The molecule has 2 aromatic carbocycles. The minimum Gasteiger partial charge on any atom is -0.392 e. The largest absolute Gasteiger partial charge is 0.392 e. The van der Waals surface area contributed by atoms with Crippen molar-refractivity contribution in [1.29, 1.82) is 0 Å². The van der Waals surface area contributed by atoms with Crippen LogP contribution in [0.4, 0.5) is 0 Å². The van der Waals surface area contributed by atoms with E-state index in [1.807, 2.05) is 55.5 Å². The molecule has 0 spiro atoms. The van der Waals surface area contributed by atoms with Crippen LogP contribution in [0.25, 0.3) is 0 Å². The first-order valence-corrected chi connectivity index (χ1v) is 12.6. The van der Waals surface area contributed by atoms with E-state index in [0.29, 0.717) is 6.54 Å². The quantitative estimate of drug-likeness (QED) is 0.459. The maximum atomic E-state index is 11.2. The highest BCUT2D eigenvalue weighted by Crippen LogP contribution is 2.39. The Hall–Kier alpha value is -2.30. The summed E-state index contributed by atoms with van der Waals surface area (Å²) in [4.78, 5) is 11.2. The van der Waals surface area contributed by atoms with E-state index < -0.39 is 6.29 Å². The number of aryl methyl sites for hydroxylation is 1. The van der Waals surface area contributed by atoms with Crippen LogP contribution in [0.1, 0.15) is 53.0 Å². The number of aromatic nitrogens is 2. The fraction of sp³-hybridized carbons (Fsp3) is 0.375. The van der Waals surface area contributed by atoms with Gasteiger partial charge < -0.3 is 19.9 Å². The van der Waals surface area contributed by atoms with Crippen LogP contribution >= 0.6 is 23.1 Å². The Bertz CT molecular complexity index is 1060. The van der Waals surface area contributed by atoms with Crippen molar-refractivity contribution in [2.75, 3.05) is 5.75 Å². The summed E-state index contributed by atoms with van der Waals surface area (Å²) in [6.45, 7) is 3.96. The second-order valence-electron chi connectivity index (χ2n) is 7.90. The van der Waals surface area contributed by atoms with Crippen molar-refractivity contribution in [2.24, 2.45) is 0 Å². The van der Waals surface area contributed by atoms with Gasteiger partial charge >= 0.3 is 0 Å². The van der Waals surface area contributed by atoms with Crippen LogP contribution in [-0.2, 0) is 27.4 Å². The number of nitrogens with zero attached hydrogens (tertiary/aromatic N) is 2. The van der Waals surface area contributed by atoms with E-state index in [1.54, 1.807) is 23.1 Å². The first kappa shape index (κ1) is 23.8. The molecular weight excluding hydrogens is 458 g/mol. The van der Waals surface area contributed by atoms with Crippen molar-refractivity contribution in [2.45, 2.75) is 56.3 Å². The topological polar surface area (TPSA) is 93.6 Å². The number of thioether (sulfide) groups is 1. The minimum atomic E-state index is -0.502. The van der Waals surface area contributed by atoms with Gasteiger partial charge in [-0.25, -0.2) is 0 Å². The van der Waals surface area contributed by atoms with E-state index >= 15 is 0 Å². The van der Waals surface area contributed by atoms with Crippen LogP contribution in [0.15, 0.2) is 52.9 Å². The number of rotatable bonds is 8. The summed E-state index contributed by atoms with van der Waals surface area (Å²) in [5.41, 5.74) is 3.88. The van der Waals surface area contributed by atoms with Gasteiger partial charge in [0.15, 0.2) is 10.6 Å². The summed E-state index contributed by atoms with van der Waals surface area (Å²) in [7, 11) is 0. The van der Waals surface area contributed by atoms with Crippen molar-refractivity contribution in [3.8, 4) is 0 Å². The lowest BCUT2D eigenvalue weighted by molar-refractivity contribution is -0.245. The van der Waals surface area contributed by atoms with Crippen LogP contribution in [-0.4, -0.2) is 33.1 Å². The number of benzene rings is 2. The zero-order valence-corrected chi connectivity index (χ0v) is 20.2. The van der Waals surface area contributed by atoms with Gasteiger partial charge in [-0.2, -0.15) is 0 Å². The number of amides is 1. The van der Waals surface area contributed by atoms with Gasteiger partial charge in [0.05, 0.1) is 18.8 Å². The molecule has 0 radical (unpaired) electrons. The molecule has 1 fully saturated rings. The molecule has 7 nitrogen and oxygen atoms in total. The zero-order chi connectivity index (χ0) is 23.2. The summed E-state index contributed by atoms with van der Waals surface area (Å²) >= 11 is 3.23. The zero-order valence-electron chi connectivity index (χ0n) is 18.6. The summed E-state index contributed by atoms with van der Waals surface area (Å²) < 4.78 is 13.6. The lowest BCUT2D eigenvalue weighted by atomic mass is 10.0. The number of hydrogen-bond donors (Lipinski definition) is 2. The molecule has 0 aliphatic carbocycles. The normalized spacial score (nSPS) is 20.5. The summed E-state index contributed by atoms with van der Waals surface area (Å²) in [5.74, 6) is 0.694. The molecule has 0 unspecified atom stereocenters. The number of nitrogens with one attached hydrogen (secondary N) is 1. The van der Waals surface area contributed by atoms with Gasteiger partial charge in [-0.1, -0.05) is 71.6 Å². The average molecular weight is 486 g/mol. The second-order valence-corrected chi connectivity index (χ2v) is 10.3. The number of carbonyl (C=O) groups excluding carboxylic acids is 1. The fourth-order valence-corrected chi connectivity index (χ4v) is 5.40. The van der Waals surface area contributed by atoms with Gasteiger partial charge in [-0.3, -0.25) is 4.79 Å². The van der Waals surface area contributed by atoms with Crippen molar-refractivity contribution in [3.63, 3.8) is 0 Å². The number of aliphatic hydroxyl groups excluding tert-OH is 1. The highest BCUT2D eigenvalue weighted by Gasteiger charge is 2.32. The van der Waals surface area contributed by atoms with Crippen LogP contribution in [0.2, 0.25) is 0 Å². The van der Waals surface area contributed by atoms with E-state index in [1.165, 1.54) is 6.92 Å². The van der Waals surface area contributed by atoms with Crippen LogP contribution < -0.4 is 5.32 Å². The predicted molar refractivity (Wildman–Crippen MR) is 128 cm³/mol. The van der Waals surface area contributed by atoms with Gasteiger partial charge in [0.1, 0.15) is 5.01 Å². The molecule has 33 heavy (non-hydrogen) atoms. The van der Waals surface area contributed by atoms with E-state index in [0.717, 1.165) is 43.8 Å². The second kappa shape index (κ2) is 11.2. The molecule has 4 rings (SSSR count). The molecule has 9 heteroatoms. The average Bonchev–Trinajstić information content (AvgIpc) is 3.26. The van der Waals surface area contributed by atoms with E-state index in [4.69, 9.17) is 9.47 Å². The lowest BCUT2D eigenvalue weighted by Gasteiger charge is -2.36. The Morgan fingerprint density at radius 1 is 1.09 bits per heavy atom. The molecule has 3 atom stereocenters. The summed E-state index contributed by atoms with van der Waals surface area (Å²) in [5, 5.41) is 21.4. The molecule has 1 aromatic heterocycles. The van der Waals surface area contributed by atoms with Gasteiger partial charge in [0.25, 0.3) is 0 Å². The summed E-state index contributed by atoms with van der Waals surface area (Å²) in [6.07, 6.45) is 0.0649. The minimum absolute atomic E-state index is 0.0168. The summed E-state index contributed by atoms with van der Waals surface area (Å²) in [6, 6.07) is 15.8. The first-order valence-electron chi connectivity index (χ1n) is 10.8. The molecule has 2 N–H and O–H groups in total. The van der Waals surface area contributed by atoms with Gasteiger partial charge in [0, 0.05) is 31.2 Å². The SMILES string of the molecule is CC(=O)NCc1ccc([C@H]2O[C@@H](CSc3nnc(C)s3)C[C@@H](c3ccc(CO)cc3)O2)cc1. The Labute approximate surface area is 201 Å². The lowest BCUT2D eigenvalue weighted by Crippen LogP contribution is -2.31. The highest BCUT2D eigenvalue weighted by atomic mass is 32.2. The standard InChI is InChI=1S/C24H27N3O4S2/c1-15(29)25-12-17-3-9-20(10-4-17)23-30-21(14-32-24-27-26-16(2)33-24)11-22(31-23)19-7-5-18(13-28)6-8-19/h3-10,21-23,28H,11-14H2,1-2H3,(H,25,29)/t21-,22+,23+/m1/s1. The molecule has 1 saturated heterocycles. The molecule has 0 saturated carbocycles. The Balaban J connectivity index is 1.49. The van der Waals surface area contributed by atoms with Gasteiger partial charge in [-0.05, 0) is 23.6 Å². The Morgan fingerprint density at radius 3 is 2.42 bits per heavy atom. The van der Waals surface area contributed by atoms with Crippen molar-refractivity contribution < 1.29 is 19.4 Å². The first-order chi connectivity index (χ1) is 16.0. The molecule has 174 valence electrons. The third kappa shape index (κ3) is 6.61. The van der Waals surface area contributed by atoms with E-state index in [9.17, 15) is 9.90 Å². The smallest absolute Gasteiger partial charge is 0.217 e. The van der Waals surface area contributed by atoms with Gasteiger partial charge in [-0.15, -0.1) is 10.2 Å². The Kier molecular flexibility index (Phi) is 8.11. The molecule has 3 aromatic rings. The third-order valence-corrected chi connectivity index (χ3v) is 7.41. The maximum absolute atomic E-state index is 11.2. The third-order valence-electron chi connectivity index (χ3n) is 5.31.